The number of unbranched alkanes of at least 4 members (excludes halogenated alkanes) is 1. The first-order chi connectivity index (χ1) is 13.1. The molecule has 1 aliphatic heterocycles. The first-order valence-corrected chi connectivity index (χ1v) is 9.16. The number of rotatable bonds is 7. The van der Waals surface area contributed by atoms with E-state index in [0.717, 1.165) is 18.6 Å². The lowest BCUT2D eigenvalue weighted by Gasteiger charge is -2.17. The minimum absolute atomic E-state index is 0.0911. The number of anilines is 1. The van der Waals surface area contributed by atoms with Gasteiger partial charge in [0.05, 0.1) is 12.6 Å². The maximum atomic E-state index is 13.1. The van der Waals surface area contributed by atoms with E-state index in [4.69, 9.17) is 4.74 Å². The van der Waals surface area contributed by atoms with Gasteiger partial charge in [0.2, 0.25) is 5.91 Å². The van der Waals surface area contributed by atoms with Crippen molar-refractivity contribution < 1.29 is 18.7 Å². The van der Waals surface area contributed by atoms with Gasteiger partial charge in [-0.3, -0.25) is 9.59 Å². The highest BCUT2D eigenvalue weighted by Crippen LogP contribution is 2.22. The number of carbonyl (C=O) groups is 2. The zero-order valence-corrected chi connectivity index (χ0v) is 15.3. The van der Waals surface area contributed by atoms with E-state index in [1.807, 2.05) is 0 Å². The van der Waals surface area contributed by atoms with E-state index in [9.17, 15) is 14.0 Å². The van der Waals surface area contributed by atoms with Crippen LogP contribution in [0.1, 0.15) is 36.5 Å². The van der Waals surface area contributed by atoms with Gasteiger partial charge in [-0.15, -0.1) is 0 Å². The maximum absolute atomic E-state index is 13.1. The highest BCUT2D eigenvalue weighted by Gasteiger charge is 2.31. The molecule has 0 aliphatic carbocycles. The molecule has 0 spiro atoms. The van der Waals surface area contributed by atoms with Crippen LogP contribution in [-0.2, 0) is 4.79 Å². The van der Waals surface area contributed by atoms with Crippen molar-refractivity contribution in [2.75, 3.05) is 18.1 Å². The van der Waals surface area contributed by atoms with Crippen LogP contribution in [0.2, 0.25) is 0 Å². The monoisotopic (exact) mass is 370 g/mol. The maximum Gasteiger partial charge on any atom is 0.251 e. The molecule has 6 heteroatoms. The molecule has 2 aromatic carbocycles. The predicted octanol–water partition coefficient (Wildman–Crippen LogP) is 3.54. The summed E-state index contributed by atoms with van der Waals surface area (Å²) in [6, 6.07) is 12.5. The molecule has 2 amide bonds. The minimum Gasteiger partial charge on any atom is -0.494 e. The van der Waals surface area contributed by atoms with E-state index in [-0.39, 0.29) is 30.1 Å². The van der Waals surface area contributed by atoms with Crippen LogP contribution in [0, 0.1) is 5.82 Å². The average Bonchev–Trinajstić information content (AvgIpc) is 3.03. The number of nitrogens with zero attached hydrogens (tertiary/aromatic N) is 1. The quantitative estimate of drug-likeness (QED) is 0.759. The second-order valence-corrected chi connectivity index (χ2v) is 6.58. The number of ether oxygens (including phenoxy) is 1. The molecule has 0 saturated carbocycles. The second kappa shape index (κ2) is 8.66. The van der Waals surface area contributed by atoms with E-state index in [1.54, 1.807) is 41.3 Å². The molecule has 0 unspecified atom stereocenters. The van der Waals surface area contributed by atoms with Crippen LogP contribution in [0.3, 0.4) is 0 Å². The molecule has 1 aliphatic rings. The number of benzene rings is 2. The number of amides is 2. The summed E-state index contributed by atoms with van der Waals surface area (Å²) in [5.74, 6) is 0.0661. The van der Waals surface area contributed by atoms with Crippen LogP contribution in [0.5, 0.6) is 5.75 Å². The van der Waals surface area contributed by atoms with Crippen molar-refractivity contribution >= 4 is 17.5 Å². The highest BCUT2D eigenvalue weighted by molar-refractivity contribution is 5.99. The van der Waals surface area contributed by atoms with Crippen molar-refractivity contribution in [3.8, 4) is 5.75 Å². The van der Waals surface area contributed by atoms with Crippen molar-refractivity contribution in [2.45, 2.75) is 32.2 Å². The molecule has 0 bridgehead atoms. The van der Waals surface area contributed by atoms with Crippen molar-refractivity contribution in [1.82, 2.24) is 5.32 Å². The molecule has 27 heavy (non-hydrogen) atoms. The standard InChI is InChI=1S/C21H23FN2O3/c1-2-3-12-27-19-10-4-15(5-11-19)21(26)23-17-13-20(25)24(14-17)18-8-6-16(22)7-9-18/h4-11,17H,2-3,12-14H2,1H3,(H,23,26)/t17-/m1/s1. The van der Waals surface area contributed by atoms with Gasteiger partial charge in [-0.2, -0.15) is 0 Å². The molecule has 0 aromatic heterocycles. The van der Waals surface area contributed by atoms with Crippen LogP contribution >= 0.6 is 0 Å². The fourth-order valence-electron chi connectivity index (χ4n) is 2.98. The Morgan fingerprint density at radius 3 is 2.56 bits per heavy atom. The fraction of sp³-hybridized carbons (Fsp3) is 0.333. The van der Waals surface area contributed by atoms with Gasteiger partial charge in [-0.1, -0.05) is 13.3 Å². The Labute approximate surface area is 158 Å². The Morgan fingerprint density at radius 1 is 1.19 bits per heavy atom. The normalized spacial score (nSPS) is 16.4. The average molecular weight is 370 g/mol. The van der Waals surface area contributed by atoms with Gasteiger partial charge < -0.3 is 15.0 Å². The Hall–Kier alpha value is -2.89. The highest BCUT2D eigenvalue weighted by atomic mass is 19.1. The molecule has 1 fully saturated rings. The van der Waals surface area contributed by atoms with Gasteiger partial charge in [0.1, 0.15) is 11.6 Å². The van der Waals surface area contributed by atoms with Gasteiger partial charge in [0.25, 0.3) is 5.91 Å². The van der Waals surface area contributed by atoms with E-state index in [2.05, 4.69) is 12.2 Å². The van der Waals surface area contributed by atoms with Crippen LogP contribution in [0.4, 0.5) is 10.1 Å². The summed E-state index contributed by atoms with van der Waals surface area (Å²) in [6.45, 7) is 3.13. The lowest BCUT2D eigenvalue weighted by atomic mass is 10.2. The molecule has 1 N–H and O–H groups in total. The summed E-state index contributed by atoms with van der Waals surface area (Å²) in [4.78, 5) is 26.2. The van der Waals surface area contributed by atoms with E-state index in [0.29, 0.717) is 24.4 Å². The Balaban J connectivity index is 1.56. The molecule has 142 valence electrons. The number of nitrogens with one attached hydrogen (secondary N) is 1. The number of hydrogen-bond donors (Lipinski definition) is 1. The summed E-state index contributed by atoms with van der Waals surface area (Å²) in [6.07, 6.45) is 2.28. The molecular formula is C21H23FN2O3. The first kappa shape index (κ1) is 18.9. The molecule has 1 saturated heterocycles. The molecule has 5 nitrogen and oxygen atoms in total. The van der Waals surface area contributed by atoms with E-state index in [1.165, 1.54) is 12.1 Å². The first-order valence-electron chi connectivity index (χ1n) is 9.16. The zero-order chi connectivity index (χ0) is 19.2. The Kier molecular flexibility index (Phi) is 6.06. The van der Waals surface area contributed by atoms with Crippen LogP contribution in [0.25, 0.3) is 0 Å². The molecule has 1 atom stereocenters. The van der Waals surface area contributed by atoms with E-state index < -0.39 is 0 Å². The molecule has 2 aromatic rings. The lowest BCUT2D eigenvalue weighted by molar-refractivity contribution is -0.117. The summed E-state index contributed by atoms with van der Waals surface area (Å²) in [7, 11) is 0. The van der Waals surface area contributed by atoms with Crippen LogP contribution < -0.4 is 15.0 Å². The van der Waals surface area contributed by atoms with Crippen molar-refractivity contribution in [3.63, 3.8) is 0 Å². The number of carbonyl (C=O) groups excluding carboxylic acids is 2. The topological polar surface area (TPSA) is 58.6 Å². The fourth-order valence-corrected chi connectivity index (χ4v) is 2.98. The summed E-state index contributed by atoms with van der Waals surface area (Å²) < 4.78 is 18.6. The van der Waals surface area contributed by atoms with Crippen LogP contribution in [-0.4, -0.2) is 31.0 Å². The molecule has 1 heterocycles. The number of halogens is 1. The predicted molar refractivity (Wildman–Crippen MR) is 101 cm³/mol. The Bertz CT molecular complexity index is 790. The largest absolute Gasteiger partial charge is 0.494 e. The van der Waals surface area contributed by atoms with Gasteiger partial charge in [0, 0.05) is 24.2 Å². The molecule has 3 rings (SSSR count). The third-order valence-corrected chi connectivity index (χ3v) is 4.48. The van der Waals surface area contributed by atoms with Gasteiger partial charge in [0.15, 0.2) is 0 Å². The molecule has 0 radical (unpaired) electrons. The van der Waals surface area contributed by atoms with Crippen molar-refractivity contribution in [1.29, 1.82) is 0 Å². The third kappa shape index (κ3) is 4.84. The van der Waals surface area contributed by atoms with Crippen LogP contribution in [0.15, 0.2) is 48.5 Å². The lowest BCUT2D eigenvalue weighted by Crippen LogP contribution is -2.37. The van der Waals surface area contributed by atoms with Gasteiger partial charge >= 0.3 is 0 Å². The number of hydrogen-bond acceptors (Lipinski definition) is 3. The minimum atomic E-state index is -0.350. The zero-order valence-electron chi connectivity index (χ0n) is 15.3. The third-order valence-electron chi connectivity index (χ3n) is 4.48. The molecular weight excluding hydrogens is 347 g/mol. The smallest absolute Gasteiger partial charge is 0.251 e. The van der Waals surface area contributed by atoms with Crippen molar-refractivity contribution in [3.05, 3.63) is 59.9 Å². The van der Waals surface area contributed by atoms with Gasteiger partial charge in [-0.05, 0) is 55.0 Å². The van der Waals surface area contributed by atoms with E-state index >= 15 is 0 Å². The summed E-state index contributed by atoms with van der Waals surface area (Å²) >= 11 is 0. The Morgan fingerprint density at radius 2 is 1.89 bits per heavy atom. The summed E-state index contributed by atoms with van der Waals surface area (Å²) in [5.41, 5.74) is 1.15. The van der Waals surface area contributed by atoms with Gasteiger partial charge in [-0.25, -0.2) is 4.39 Å². The van der Waals surface area contributed by atoms with Crippen molar-refractivity contribution in [2.24, 2.45) is 0 Å². The second-order valence-electron chi connectivity index (χ2n) is 6.58. The SMILES string of the molecule is CCCCOc1ccc(C(=O)N[C@@H]2CC(=O)N(c3ccc(F)cc3)C2)cc1. The summed E-state index contributed by atoms with van der Waals surface area (Å²) in [5, 5.41) is 2.89.